The molecule has 100 valence electrons. The molecule has 0 saturated heterocycles. The Hall–Kier alpha value is -0.460. The zero-order valence-electron chi connectivity index (χ0n) is 11.4. The first kappa shape index (κ1) is 14.6. The topological polar surface area (TPSA) is 20.2 Å². The Morgan fingerprint density at radius 3 is 1.53 bits per heavy atom. The van der Waals surface area contributed by atoms with Crippen molar-refractivity contribution in [2.24, 2.45) is 0 Å². The van der Waals surface area contributed by atoms with Gasteiger partial charge in [0.15, 0.2) is 0 Å². The van der Waals surface area contributed by atoms with Crippen LogP contribution in [-0.2, 0) is 0 Å². The van der Waals surface area contributed by atoms with E-state index in [-0.39, 0.29) is 0 Å². The van der Waals surface area contributed by atoms with E-state index in [9.17, 15) is 5.11 Å². The third-order valence-electron chi connectivity index (χ3n) is 3.77. The number of rotatable bonds is 0. The van der Waals surface area contributed by atoms with Crippen LogP contribution in [0.1, 0.15) is 89.9 Å². The molecule has 0 aromatic rings. The fourth-order valence-corrected chi connectivity index (χ4v) is 2.59. The summed E-state index contributed by atoms with van der Waals surface area (Å²) in [5.41, 5.74) is 0. The average molecular weight is 238 g/mol. The molecule has 1 aliphatic carbocycles. The Morgan fingerprint density at radius 2 is 1.00 bits per heavy atom. The van der Waals surface area contributed by atoms with Crippen LogP contribution in [0.15, 0.2) is 11.8 Å². The fraction of sp³-hybridized carbons (Fsp3) is 0.875. The third-order valence-corrected chi connectivity index (χ3v) is 3.77. The van der Waals surface area contributed by atoms with Crippen LogP contribution in [0.4, 0.5) is 0 Å². The second-order valence-corrected chi connectivity index (χ2v) is 5.48. The van der Waals surface area contributed by atoms with Gasteiger partial charge in [-0.3, -0.25) is 0 Å². The minimum Gasteiger partial charge on any atom is -0.513 e. The van der Waals surface area contributed by atoms with Crippen LogP contribution in [-0.4, -0.2) is 5.11 Å². The maximum Gasteiger partial charge on any atom is 0.0882 e. The van der Waals surface area contributed by atoms with Gasteiger partial charge in [-0.2, -0.15) is 0 Å². The summed E-state index contributed by atoms with van der Waals surface area (Å²) in [5, 5.41) is 9.68. The van der Waals surface area contributed by atoms with Gasteiger partial charge in [-0.15, -0.1) is 0 Å². The van der Waals surface area contributed by atoms with E-state index in [1.807, 2.05) is 6.08 Å². The Balaban J connectivity index is 2.18. The molecule has 1 rings (SSSR count). The summed E-state index contributed by atoms with van der Waals surface area (Å²) in [5.74, 6) is 0.636. The first-order valence-electron chi connectivity index (χ1n) is 7.77. The number of aliphatic hydroxyl groups excluding tert-OH is 1. The highest BCUT2D eigenvalue weighted by Crippen LogP contribution is 2.15. The molecule has 0 aromatic heterocycles. The largest absolute Gasteiger partial charge is 0.513 e. The molecular formula is C16H30O. The maximum absolute atomic E-state index is 9.68. The molecule has 0 unspecified atom stereocenters. The van der Waals surface area contributed by atoms with E-state index < -0.39 is 0 Å². The highest BCUT2D eigenvalue weighted by Gasteiger charge is 1.97. The highest BCUT2D eigenvalue weighted by atomic mass is 16.3. The van der Waals surface area contributed by atoms with Gasteiger partial charge >= 0.3 is 0 Å². The lowest BCUT2D eigenvalue weighted by Gasteiger charge is -2.05. The van der Waals surface area contributed by atoms with E-state index in [4.69, 9.17) is 0 Å². The molecule has 1 N–H and O–H groups in total. The number of hydrogen-bond acceptors (Lipinski definition) is 1. The van der Waals surface area contributed by atoms with Crippen LogP contribution >= 0.6 is 0 Å². The van der Waals surface area contributed by atoms with Crippen molar-refractivity contribution in [3.8, 4) is 0 Å². The van der Waals surface area contributed by atoms with Gasteiger partial charge in [0.2, 0.25) is 0 Å². The van der Waals surface area contributed by atoms with E-state index in [0.29, 0.717) is 5.76 Å². The molecule has 1 aliphatic rings. The molecule has 0 bridgehead atoms. The summed E-state index contributed by atoms with van der Waals surface area (Å²) in [6.45, 7) is 0. The molecule has 0 saturated carbocycles. The minimum atomic E-state index is 0.636. The quantitative estimate of drug-likeness (QED) is 0.556. The Bertz CT molecular complexity index is 196. The smallest absolute Gasteiger partial charge is 0.0882 e. The van der Waals surface area contributed by atoms with E-state index in [1.54, 1.807) is 0 Å². The fourth-order valence-electron chi connectivity index (χ4n) is 2.59. The zero-order valence-corrected chi connectivity index (χ0v) is 11.4. The molecular weight excluding hydrogens is 208 g/mol. The molecule has 1 heteroatoms. The molecule has 0 spiro atoms. The van der Waals surface area contributed by atoms with Crippen LogP contribution in [0, 0.1) is 0 Å². The van der Waals surface area contributed by atoms with Gasteiger partial charge in [-0.1, -0.05) is 64.2 Å². The zero-order chi connectivity index (χ0) is 12.2. The van der Waals surface area contributed by atoms with E-state index >= 15 is 0 Å². The van der Waals surface area contributed by atoms with Crippen molar-refractivity contribution in [2.75, 3.05) is 0 Å². The second kappa shape index (κ2) is 10.7. The summed E-state index contributed by atoms with van der Waals surface area (Å²) >= 11 is 0. The standard InChI is InChI=1S/C16H30O/c17-16-14-12-10-8-6-4-2-1-3-5-7-9-11-13-15-16/h14,17H,1-13,15H2/b16-14-. The minimum absolute atomic E-state index is 0.636. The first-order valence-corrected chi connectivity index (χ1v) is 7.77. The lowest BCUT2D eigenvalue weighted by atomic mass is 10.0. The molecule has 0 heterocycles. The van der Waals surface area contributed by atoms with Gasteiger partial charge in [0.05, 0.1) is 5.76 Å². The Morgan fingerprint density at radius 1 is 0.588 bits per heavy atom. The van der Waals surface area contributed by atoms with Gasteiger partial charge in [0.1, 0.15) is 0 Å². The van der Waals surface area contributed by atoms with Crippen LogP contribution in [0.3, 0.4) is 0 Å². The van der Waals surface area contributed by atoms with Gasteiger partial charge in [-0.05, 0) is 25.3 Å². The highest BCUT2D eigenvalue weighted by molar-refractivity contribution is 4.90. The van der Waals surface area contributed by atoms with Crippen molar-refractivity contribution in [2.45, 2.75) is 89.9 Å². The summed E-state index contributed by atoms with van der Waals surface area (Å²) in [6, 6.07) is 0. The van der Waals surface area contributed by atoms with Gasteiger partial charge in [-0.25, -0.2) is 0 Å². The van der Waals surface area contributed by atoms with E-state index in [2.05, 4.69) is 0 Å². The first-order chi connectivity index (χ1) is 8.39. The van der Waals surface area contributed by atoms with E-state index in [0.717, 1.165) is 12.8 Å². The number of aliphatic hydroxyl groups is 1. The van der Waals surface area contributed by atoms with Crippen molar-refractivity contribution in [1.29, 1.82) is 0 Å². The molecule has 1 nitrogen and oxygen atoms in total. The summed E-state index contributed by atoms with van der Waals surface area (Å²) in [7, 11) is 0. The van der Waals surface area contributed by atoms with Crippen LogP contribution in [0.2, 0.25) is 0 Å². The molecule has 17 heavy (non-hydrogen) atoms. The summed E-state index contributed by atoms with van der Waals surface area (Å²) < 4.78 is 0. The summed E-state index contributed by atoms with van der Waals surface area (Å²) in [6.07, 6.45) is 20.3. The van der Waals surface area contributed by atoms with Crippen molar-refractivity contribution in [3.05, 3.63) is 11.8 Å². The predicted octanol–water partition coefficient (Wildman–Crippen LogP) is 5.90. The summed E-state index contributed by atoms with van der Waals surface area (Å²) in [4.78, 5) is 0. The van der Waals surface area contributed by atoms with Crippen molar-refractivity contribution < 1.29 is 5.11 Å². The van der Waals surface area contributed by atoms with E-state index in [1.165, 1.54) is 77.0 Å². The van der Waals surface area contributed by atoms with Crippen LogP contribution in [0.25, 0.3) is 0 Å². The van der Waals surface area contributed by atoms with Gasteiger partial charge in [0.25, 0.3) is 0 Å². The lowest BCUT2D eigenvalue weighted by Crippen LogP contribution is -1.87. The predicted molar refractivity (Wildman–Crippen MR) is 75.3 cm³/mol. The number of allylic oxidation sites excluding steroid dienone is 2. The Labute approximate surface area is 107 Å². The van der Waals surface area contributed by atoms with Crippen molar-refractivity contribution in [3.63, 3.8) is 0 Å². The molecule has 0 aliphatic heterocycles. The molecule has 0 fully saturated rings. The Kier molecular flexibility index (Phi) is 9.17. The monoisotopic (exact) mass is 238 g/mol. The van der Waals surface area contributed by atoms with Crippen LogP contribution < -0.4 is 0 Å². The molecule has 0 radical (unpaired) electrons. The van der Waals surface area contributed by atoms with Crippen molar-refractivity contribution in [1.82, 2.24) is 0 Å². The number of hydrogen-bond donors (Lipinski definition) is 1. The maximum atomic E-state index is 9.68. The van der Waals surface area contributed by atoms with Crippen LogP contribution in [0.5, 0.6) is 0 Å². The average Bonchev–Trinajstić information content (AvgIpc) is 2.32. The normalized spacial score (nSPS) is 26.0. The second-order valence-electron chi connectivity index (χ2n) is 5.48. The lowest BCUT2D eigenvalue weighted by molar-refractivity contribution is 0.376. The van der Waals surface area contributed by atoms with Gasteiger partial charge in [0, 0.05) is 6.42 Å². The third kappa shape index (κ3) is 9.26. The molecule has 0 amide bonds. The van der Waals surface area contributed by atoms with Crippen molar-refractivity contribution >= 4 is 0 Å². The molecule has 0 aromatic carbocycles. The van der Waals surface area contributed by atoms with Gasteiger partial charge < -0.3 is 5.11 Å². The molecule has 0 atom stereocenters. The SMILES string of the molecule is O/C1=C\CCCCCCCCCCCCCC1.